The lowest BCUT2D eigenvalue weighted by atomic mass is 10.0. The molecule has 0 radical (unpaired) electrons. The normalized spacial score (nSPS) is 10.9. The van der Waals surface area contributed by atoms with Gasteiger partial charge in [0.05, 0.1) is 0 Å². The molecule has 19 heavy (non-hydrogen) atoms. The van der Waals surface area contributed by atoms with Crippen molar-refractivity contribution in [2.24, 2.45) is 0 Å². The molecule has 0 unspecified atom stereocenters. The lowest BCUT2D eigenvalue weighted by molar-refractivity contribution is -0.134. The van der Waals surface area contributed by atoms with Crippen molar-refractivity contribution in [2.45, 2.75) is 39.8 Å². The van der Waals surface area contributed by atoms with Gasteiger partial charge in [0, 0.05) is 19.0 Å². The predicted octanol–water partition coefficient (Wildman–Crippen LogP) is 3.40. The summed E-state index contributed by atoms with van der Waals surface area (Å²) in [5, 5.41) is 0. The maximum atomic E-state index is 11.7. The first-order valence-corrected chi connectivity index (χ1v) is 6.45. The second-order valence-electron chi connectivity index (χ2n) is 5.52. The van der Waals surface area contributed by atoms with Crippen molar-refractivity contribution in [1.29, 1.82) is 0 Å². The smallest absolute Gasteiger partial charge is 0.220 e. The maximum absolute atomic E-state index is 11.7. The maximum Gasteiger partial charge on any atom is 0.220 e. The van der Waals surface area contributed by atoms with Crippen LogP contribution in [0.15, 0.2) is 36.9 Å². The van der Waals surface area contributed by atoms with Gasteiger partial charge in [-0.05, 0) is 38.5 Å². The van der Waals surface area contributed by atoms with Crippen molar-refractivity contribution in [2.75, 3.05) is 6.61 Å². The largest absolute Gasteiger partial charge is 0.490 e. The molecule has 0 atom stereocenters. The predicted molar refractivity (Wildman–Crippen MR) is 78.1 cm³/mol. The highest BCUT2D eigenvalue weighted by molar-refractivity contribution is 5.74. The van der Waals surface area contributed by atoms with Crippen molar-refractivity contribution in [3.05, 3.63) is 42.5 Å². The van der Waals surface area contributed by atoms with Crippen LogP contribution in [0.2, 0.25) is 0 Å². The number of rotatable bonds is 5. The molecule has 3 heteroatoms. The molecular weight excluding hydrogens is 238 g/mol. The van der Waals surface area contributed by atoms with Gasteiger partial charge in [0.25, 0.3) is 0 Å². The van der Waals surface area contributed by atoms with E-state index in [4.69, 9.17) is 4.74 Å². The molecule has 0 aliphatic rings. The molecule has 1 aromatic carbocycles. The Labute approximate surface area is 115 Å². The Morgan fingerprint density at radius 2 is 1.89 bits per heavy atom. The number of benzene rings is 1. The van der Waals surface area contributed by atoms with Crippen molar-refractivity contribution >= 4 is 5.91 Å². The van der Waals surface area contributed by atoms with E-state index in [9.17, 15) is 4.79 Å². The molecule has 0 heterocycles. The standard InChI is InChI=1S/C16H23NO2/c1-6-11-19-15-9-7-14(8-10-15)12-17(13(2)18)16(3,4)5/h6-10H,1,11-12H2,2-5H3. The van der Waals surface area contributed by atoms with E-state index in [0.717, 1.165) is 11.3 Å². The van der Waals surface area contributed by atoms with Gasteiger partial charge in [-0.15, -0.1) is 0 Å². The third-order valence-electron chi connectivity index (χ3n) is 2.82. The van der Waals surface area contributed by atoms with Crippen molar-refractivity contribution in [3.8, 4) is 5.75 Å². The molecule has 0 aliphatic heterocycles. The van der Waals surface area contributed by atoms with E-state index in [1.807, 2.05) is 49.9 Å². The average Bonchev–Trinajstić information content (AvgIpc) is 2.33. The highest BCUT2D eigenvalue weighted by Crippen LogP contribution is 2.19. The van der Waals surface area contributed by atoms with E-state index < -0.39 is 0 Å². The Balaban J connectivity index is 2.75. The summed E-state index contributed by atoms with van der Waals surface area (Å²) < 4.78 is 5.43. The van der Waals surface area contributed by atoms with Gasteiger partial charge in [-0.2, -0.15) is 0 Å². The summed E-state index contributed by atoms with van der Waals surface area (Å²) in [5.41, 5.74) is 0.917. The monoisotopic (exact) mass is 261 g/mol. The number of hydrogen-bond acceptors (Lipinski definition) is 2. The first kappa shape index (κ1) is 15.3. The molecule has 1 rings (SSSR count). The molecule has 1 aromatic rings. The van der Waals surface area contributed by atoms with Crippen LogP contribution >= 0.6 is 0 Å². The zero-order valence-electron chi connectivity index (χ0n) is 12.3. The van der Waals surface area contributed by atoms with E-state index in [2.05, 4.69) is 6.58 Å². The Bertz CT molecular complexity index is 429. The van der Waals surface area contributed by atoms with E-state index >= 15 is 0 Å². The van der Waals surface area contributed by atoms with Crippen molar-refractivity contribution < 1.29 is 9.53 Å². The Morgan fingerprint density at radius 1 is 1.32 bits per heavy atom. The summed E-state index contributed by atoms with van der Waals surface area (Å²) in [5.74, 6) is 0.897. The van der Waals surface area contributed by atoms with Gasteiger partial charge in [-0.3, -0.25) is 4.79 Å². The summed E-state index contributed by atoms with van der Waals surface area (Å²) in [6.45, 7) is 12.4. The Morgan fingerprint density at radius 3 is 2.32 bits per heavy atom. The van der Waals surface area contributed by atoms with Gasteiger partial charge in [0.1, 0.15) is 12.4 Å². The van der Waals surface area contributed by atoms with Crippen LogP contribution in [0.3, 0.4) is 0 Å². The van der Waals surface area contributed by atoms with Gasteiger partial charge >= 0.3 is 0 Å². The van der Waals surface area contributed by atoms with E-state index in [1.54, 1.807) is 13.0 Å². The third-order valence-corrected chi connectivity index (χ3v) is 2.82. The van der Waals surface area contributed by atoms with Crippen LogP contribution in [0.25, 0.3) is 0 Å². The van der Waals surface area contributed by atoms with Gasteiger partial charge in [0.15, 0.2) is 0 Å². The number of ether oxygens (including phenoxy) is 1. The third kappa shape index (κ3) is 4.78. The fourth-order valence-electron chi connectivity index (χ4n) is 1.85. The number of nitrogens with zero attached hydrogens (tertiary/aromatic N) is 1. The van der Waals surface area contributed by atoms with Crippen LogP contribution in [-0.4, -0.2) is 23.0 Å². The minimum Gasteiger partial charge on any atom is -0.490 e. The molecule has 0 fully saturated rings. The lowest BCUT2D eigenvalue weighted by Gasteiger charge is -2.35. The van der Waals surface area contributed by atoms with E-state index in [-0.39, 0.29) is 11.4 Å². The first-order chi connectivity index (χ1) is 8.84. The van der Waals surface area contributed by atoms with Crippen molar-refractivity contribution in [3.63, 3.8) is 0 Å². The highest BCUT2D eigenvalue weighted by Gasteiger charge is 2.23. The number of amides is 1. The average molecular weight is 261 g/mol. The fourth-order valence-corrected chi connectivity index (χ4v) is 1.85. The van der Waals surface area contributed by atoms with Crippen LogP contribution in [-0.2, 0) is 11.3 Å². The van der Waals surface area contributed by atoms with Crippen LogP contribution in [0.5, 0.6) is 5.75 Å². The SMILES string of the molecule is C=CCOc1ccc(CN(C(C)=O)C(C)(C)C)cc1. The molecule has 0 aliphatic carbocycles. The van der Waals surface area contributed by atoms with Crippen LogP contribution in [0, 0.1) is 0 Å². The van der Waals surface area contributed by atoms with Crippen LogP contribution in [0.4, 0.5) is 0 Å². The topological polar surface area (TPSA) is 29.5 Å². The summed E-state index contributed by atoms with van der Waals surface area (Å²) in [7, 11) is 0. The van der Waals surface area contributed by atoms with Crippen LogP contribution in [0.1, 0.15) is 33.3 Å². The van der Waals surface area contributed by atoms with E-state index in [0.29, 0.717) is 13.2 Å². The molecular formula is C16H23NO2. The summed E-state index contributed by atoms with van der Waals surface area (Å²) in [6.07, 6.45) is 1.71. The first-order valence-electron chi connectivity index (χ1n) is 6.45. The zero-order valence-corrected chi connectivity index (χ0v) is 12.3. The van der Waals surface area contributed by atoms with E-state index in [1.165, 1.54) is 0 Å². The van der Waals surface area contributed by atoms with Gasteiger partial charge < -0.3 is 9.64 Å². The number of carbonyl (C=O) groups excluding carboxylic acids is 1. The molecule has 0 saturated heterocycles. The fraction of sp³-hybridized carbons (Fsp3) is 0.438. The van der Waals surface area contributed by atoms with Gasteiger partial charge in [0.2, 0.25) is 5.91 Å². The molecule has 104 valence electrons. The second-order valence-corrected chi connectivity index (χ2v) is 5.52. The lowest BCUT2D eigenvalue weighted by Crippen LogP contribution is -2.43. The molecule has 0 N–H and O–H groups in total. The minimum absolute atomic E-state index is 0.0829. The molecule has 0 saturated carbocycles. The quantitative estimate of drug-likeness (QED) is 0.760. The van der Waals surface area contributed by atoms with Crippen molar-refractivity contribution in [1.82, 2.24) is 4.90 Å². The van der Waals surface area contributed by atoms with Crippen LogP contribution < -0.4 is 4.74 Å². The molecule has 0 aromatic heterocycles. The Hall–Kier alpha value is -1.77. The summed E-state index contributed by atoms with van der Waals surface area (Å²) in [4.78, 5) is 13.5. The van der Waals surface area contributed by atoms with Gasteiger partial charge in [-0.1, -0.05) is 24.8 Å². The molecule has 1 amide bonds. The number of carbonyl (C=O) groups is 1. The zero-order chi connectivity index (χ0) is 14.5. The minimum atomic E-state index is -0.177. The Kier molecular flexibility index (Phi) is 5.16. The second kappa shape index (κ2) is 6.41. The van der Waals surface area contributed by atoms with Gasteiger partial charge in [-0.25, -0.2) is 0 Å². The summed E-state index contributed by atoms with van der Waals surface area (Å²) >= 11 is 0. The highest BCUT2D eigenvalue weighted by atomic mass is 16.5. The molecule has 0 spiro atoms. The summed E-state index contributed by atoms with van der Waals surface area (Å²) in [6, 6.07) is 7.81. The molecule has 3 nitrogen and oxygen atoms in total. The number of hydrogen-bond donors (Lipinski definition) is 0. The molecule has 0 bridgehead atoms.